The van der Waals surface area contributed by atoms with Crippen molar-refractivity contribution < 1.29 is 32.5 Å². The molecule has 1 aromatic carbocycles. The maximum Gasteiger partial charge on any atom is 0.526 e. The van der Waals surface area contributed by atoms with Gasteiger partial charge in [0.05, 0.1) is 0 Å². The minimum Gasteiger partial charge on any atom is -0.476 e. The van der Waals surface area contributed by atoms with E-state index < -0.39 is 29.7 Å². The summed E-state index contributed by atoms with van der Waals surface area (Å²) in [6.45, 7) is 0. The van der Waals surface area contributed by atoms with Crippen LogP contribution in [0, 0.1) is 0 Å². The molecular formula is C16H11ClF3N3O4. The zero-order valence-electron chi connectivity index (χ0n) is 13.3. The van der Waals surface area contributed by atoms with Crippen LogP contribution in [0.25, 0.3) is 5.57 Å². The number of alkyl halides is 3. The Labute approximate surface area is 155 Å². The molecule has 1 aliphatic rings. The molecular weight excluding hydrogens is 391 g/mol. The summed E-state index contributed by atoms with van der Waals surface area (Å²) in [5, 5.41) is 18.1. The first kappa shape index (κ1) is 18.9. The van der Waals surface area contributed by atoms with Crippen molar-refractivity contribution in [3.63, 3.8) is 0 Å². The fourth-order valence-corrected chi connectivity index (χ4v) is 2.64. The van der Waals surface area contributed by atoms with Gasteiger partial charge in [0.1, 0.15) is 0 Å². The lowest BCUT2D eigenvalue weighted by atomic mass is 9.96. The molecule has 0 fully saturated rings. The third-order valence-corrected chi connectivity index (χ3v) is 3.80. The molecule has 0 bridgehead atoms. The van der Waals surface area contributed by atoms with Crippen LogP contribution in [-0.4, -0.2) is 38.6 Å². The molecule has 1 unspecified atom stereocenters. The zero-order valence-corrected chi connectivity index (χ0v) is 14.1. The highest BCUT2D eigenvalue weighted by Gasteiger charge is 2.45. The number of benzene rings is 1. The van der Waals surface area contributed by atoms with E-state index in [1.807, 2.05) is 5.10 Å². The summed E-state index contributed by atoms with van der Waals surface area (Å²) in [5.41, 5.74) is 0.686. The van der Waals surface area contributed by atoms with E-state index in [1.165, 1.54) is 12.2 Å². The van der Waals surface area contributed by atoms with Crippen molar-refractivity contribution in [2.75, 3.05) is 0 Å². The molecule has 0 saturated heterocycles. The highest BCUT2D eigenvalue weighted by molar-refractivity contribution is 6.30. The summed E-state index contributed by atoms with van der Waals surface area (Å²) in [6.07, 6.45) is -1.55. The third-order valence-electron chi connectivity index (χ3n) is 3.57. The van der Waals surface area contributed by atoms with Crippen molar-refractivity contribution >= 4 is 23.1 Å². The second-order valence-electron chi connectivity index (χ2n) is 5.47. The largest absolute Gasteiger partial charge is 0.526 e. The lowest BCUT2D eigenvalue weighted by Crippen LogP contribution is -2.43. The fourth-order valence-electron chi connectivity index (χ4n) is 2.45. The van der Waals surface area contributed by atoms with Gasteiger partial charge in [-0.15, -0.1) is 13.2 Å². The molecule has 1 aromatic heterocycles. The molecule has 2 aromatic rings. The predicted molar refractivity (Wildman–Crippen MR) is 87.0 cm³/mol. The number of carboxylic acid groups (broad SMARTS) is 1. The Morgan fingerprint density at radius 1 is 1.37 bits per heavy atom. The number of nitrogens with one attached hydrogen (secondary N) is 1. The van der Waals surface area contributed by atoms with E-state index in [4.69, 9.17) is 21.4 Å². The molecule has 0 spiro atoms. The lowest BCUT2D eigenvalue weighted by Gasteiger charge is -2.32. The number of aromatic carboxylic acids is 1. The number of nitrogens with zero attached hydrogens (tertiary/aromatic N) is 2. The van der Waals surface area contributed by atoms with E-state index >= 15 is 0 Å². The Morgan fingerprint density at radius 2 is 2.15 bits per heavy atom. The first-order chi connectivity index (χ1) is 12.7. The van der Waals surface area contributed by atoms with E-state index in [2.05, 4.69) is 15.0 Å². The number of rotatable bonds is 5. The van der Waals surface area contributed by atoms with Crippen LogP contribution < -0.4 is 4.74 Å². The number of ether oxygens (including phenoxy) is 2. The second kappa shape index (κ2) is 7.05. The maximum atomic E-state index is 12.9. The van der Waals surface area contributed by atoms with E-state index in [0.717, 1.165) is 6.08 Å². The standard InChI is InChI=1S/C16H11ClF3N3O4/c17-11-3-1-2-10(8-11)9-4-6-15(7-5-9,27-16(18,19)20)26-13-12(14(24)25)21-23-22-13/h1-6,8H,7H2,(H,24,25)(H,21,22,23). The molecule has 1 aliphatic carbocycles. The van der Waals surface area contributed by atoms with Gasteiger partial charge in [0, 0.05) is 11.4 Å². The second-order valence-corrected chi connectivity index (χ2v) is 5.90. The Kier molecular flexibility index (Phi) is 4.94. The van der Waals surface area contributed by atoms with Crippen molar-refractivity contribution in [3.05, 3.63) is 58.8 Å². The molecule has 1 atom stereocenters. The molecule has 0 radical (unpaired) electrons. The highest BCUT2D eigenvalue weighted by Crippen LogP contribution is 2.36. The summed E-state index contributed by atoms with van der Waals surface area (Å²) >= 11 is 5.93. The minimum absolute atomic E-state index is 0.364. The molecule has 2 N–H and O–H groups in total. The number of H-pyrrole nitrogens is 1. The number of aromatic nitrogens is 3. The van der Waals surface area contributed by atoms with Gasteiger partial charge in [-0.05, 0) is 29.3 Å². The van der Waals surface area contributed by atoms with Crippen LogP contribution in [0.4, 0.5) is 13.2 Å². The molecule has 142 valence electrons. The molecule has 0 amide bonds. The first-order valence-electron chi connectivity index (χ1n) is 7.43. The van der Waals surface area contributed by atoms with Gasteiger partial charge in [0.2, 0.25) is 11.5 Å². The quantitative estimate of drug-likeness (QED) is 0.739. The molecule has 27 heavy (non-hydrogen) atoms. The van der Waals surface area contributed by atoms with Crippen molar-refractivity contribution in [2.45, 2.75) is 18.6 Å². The van der Waals surface area contributed by atoms with Crippen LogP contribution in [0.3, 0.4) is 0 Å². The predicted octanol–water partition coefficient (Wildman–Crippen LogP) is 3.81. The number of carboxylic acids is 1. The van der Waals surface area contributed by atoms with Crippen molar-refractivity contribution in [2.24, 2.45) is 0 Å². The van der Waals surface area contributed by atoms with E-state index in [9.17, 15) is 18.0 Å². The van der Waals surface area contributed by atoms with Crippen molar-refractivity contribution in [1.29, 1.82) is 0 Å². The van der Waals surface area contributed by atoms with E-state index in [-0.39, 0.29) is 6.42 Å². The third kappa shape index (κ3) is 4.47. The minimum atomic E-state index is -5.04. The number of halogens is 4. The van der Waals surface area contributed by atoms with Gasteiger partial charge < -0.3 is 9.84 Å². The number of hydrogen-bond donors (Lipinski definition) is 2. The van der Waals surface area contributed by atoms with Crippen LogP contribution >= 0.6 is 11.6 Å². The molecule has 7 nitrogen and oxygen atoms in total. The average Bonchev–Trinajstić information content (AvgIpc) is 3.02. The summed E-state index contributed by atoms with van der Waals surface area (Å²) < 4.78 is 48.0. The molecule has 11 heteroatoms. The van der Waals surface area contributed by atoms with Crippen LogP contribution in [0.2, 0.25) is 5.02 Å². The van der Waals surface area contributed by atoms with Gasteiger partial charge in [-0.2, -0.15) is 0 Å². The van der Waals surface area contributed by atoms with Gasteiger partial charge in [-0.1, -0.05) is 46.2 Å². The van der Waals surface area contributed by atoms with Gasteiger partial charge in [-0.25, -0.2) is 14.6 Å². The van der Waals surface area contributed by atoms with Gasteiger partial charge in [-0.3, -0.25) is 0 Å². The normalized spacial score (nSPS) is 19.6. The van der Waals surface area contributed by atoms with Gasteiger partial charge in [0.15, 0.2) is 0 Å². The number of aromatic amines is 1. The lowest BCUT2D eigenvalue weighted by molar-refractivity contribution is -0.389. The summed E-state index contributed by atoms with van der Waals surface area (Å²) in [6, 6.07) is 6.75. The average molecular weight is 402 g/mol. The summed E-state index contributed by atoms with van der Waals surface area (Å²) in [7, 11) is 0. The van der Waals surface area contributed by atoms with Crippen LogP contribution in [0.15, 0.2) is 42.5 Å². The van der Waals surface area contributed by atoms with Gasteiger partial charge in [0.25, 0.3) is 5.88 Å². The van der Waals surface area contributed by atoms with Crippen molar-refractivity contribution in [1.82, 2.24) is 15.4 Å². The number of allylic oxidation sites excluding steroid dienone is 2. The monoisotopic (exact) mass is 401 g/mol. The van der Waals surface area contributed by atoms with E-state index in [1.54, 1.807) is 24.3 Å². The Bertz CT molecular complexity index is 926. The Balaban J connectivity index is 1.91. The van der Waals surface area contributed by atoms with Crippen LogP contribution in [0.5, 0.6) is 5.88 Å². The number of carbonyl (C=O) groups is 1. The topological polar surface area (TPSA) is 97.3 Å². The number of hydrogen-bond acceptors (Lipinski definition) is 5. The SMILES string of the molecule is O=C(O)c1[nH]nnc1OC1(OC(F)(F)F)C=CC(c2cccc(Cl)c2)=CC1. The summed E-state index contributed by atoms with van der Waals surface area (Å²) in [4.78, 5) is 11.1. The van der Waals surface area contributed by atoms with Gasteiger partial charge >= 0.3 is 12.3 Å². The Hall–Kier alpha value is -2.85. The zero-order chi connectivity index (χ0) is 19.7. The maximum absolute atomic E-state index is 12.9. The molecule has 0 saturated carbocycles. The summed E-state index contributed by atoms with van der Waals surface area (Å²) in [5.74, 6) is -4.45. The first-order valence-corrected chi connectivity index (χ1v) is 7.81. The molecule has 3 rings (SSSR count). The van der Waals surface area contributed by atoms with Crippen LogP contribution in [0.1, 0.15) is 22.5 Å². The molecule has 0 aliphatic heterocycles. The molecule has 1 heterocycles. The van der Waals surface area contributed by atoms with Crippen LogP contribution in [-0.2, 0) is 4.74 Å². The Morgan fingerprint density at radius 3 is 2.74 bits per heavy atom. The van der Waals surface area contributed by atoms with Crippen molar-refractivity contribution in [3.8, 4) is 5.88 Å². The smallest absolute Gasteiger partial charge is 0.476 e. The van der Waals surface area contributed by atoms with E-state index in [0.29, 0.717) is 16.2 Å². The highest BCUT2D eigenvalue weighted by atomic mass is 35.5. The fraction of sp³-hybridized carbons (Fsp3) is 0.188.